The van der Waals surface area contributed by atoms with Crippen molar-refractivity contribution in [3.05, 3.63) is 24.0 Å². The molecule has 164 valence electrons. The van der Waals surface area contributed by atoms with Crippen LogP contribution in [-0.4, -0.2) is 50.7 Å². The number of pyridine rings is 1. The zero-order chi connectivity index (χ0) is 20.3. The number of piperidine rings is 2. The number of hydrogen-bond donors (Lipinski definition) is 1. The molecule has 2 aliphatic rings. The summed E-state index contributed by atoms with van der Waals surface area (Å²) in [5.41, 5.74) is 2.50. The Morgan fingerprint density at radius 3 is 2.34 bits per heavy atom. The maximum Gasteiger partial charge on any atom is 0.160 e. The van der Waals surface area contributed by atoms with E-state index in [1.807, 2.05) is 0 Å². The van der Waals surface area contributed by atoms with Gasteiger partial charge in [0.15, 0.2) is 6.29 Å². The normalized spacial score (nSPS) is 21.1. The summed E-state index contributed by atoms with van der Waals surface area (Å²) in [5.74, 6) is 1.07. The highest BCUT2D eigenvalue weighted by atomic mass is 16.7. The molecule has 29 heavy (non-hydrogen) atoms. The van der Waals surface area contributed by atoms with Crippen molar-refractivity contribution in [1.82, 2.24) is 10.3 Å². The van der Waals surface area contributed by atoms with Crippen LogP contribution in [0.2, 0.25) is 0 Å². The first-order chi connectivity index (χ1) is 14.3. The van der Waals surface area contributed by atoms with Crippen molar-refractivity contribution in [2.45, 2.75) is 77.4 Å². The van der Waals surface area contributed by atoms with Crippen LogP contribution in [0.1, 0.15) is 76.8 Å². The fourth-order valence-electron chi connectivity index (χ4n) is 4.37. The second-order valence-corrected chi connectivity index (χ2v) is 8.63. The molecule has 1 unspecified atom stereocenters. The number of unbranched alkanes of at least 4 members (excludes halogenated alkanes) is 2. The van der Waals surface area contributed by atoms with E-state index in [1.54, 1.807) is 0 Å². The molecule has 1 atom stereocenters. The largest absolute Gasteiger partial charge is 0.370 e. The summed E-state index contributed by atoms with van der Waals surface area (Å²) >= 11 is 0. The summed E-state index contributed by atoms with van der Waals surface area (Å²) in [4.78, 5) is 7.27. The van der Waals surface area contributed by atoms with Crippen LogP contribution in [0.4, 0.5) is 5.69 Å². The van der Waals surface area contributed by atoms with Crippen LogP contribution >= 0.6 is 0 Å². The fourth-order valence-corrected chi connectivity index (χ4v) is 4.37. The lowest BCUT2D eigenvalue weighted by molar-refractivity contribution is -0.177. The molecule has 0 spiro atoms. The third-order valence-electron chi connectivity index (χ3n) is 6.34. The molecule has 0 saturated carbocycles. The molecule has 5 heteroatoms. The Morgan fingerprint density at radius 2 is 1.79 bits per heavy atom. The smallest absolute Gasteiger partial charge is 0.160 e. The van der Waals surface area contributed by atoms with Gasteiger partial charge in [0.25, 0.3) is 0 Å². The molecule has 1 N–H and O–H groups in total. The Bertz CT molecular complexity index is 542. The lowest BCUT2D eigenvalue weighted by Gasteiger charge is -2.37. The van der Waals surface area contributed by atoms with E-state index < -0.39 is 0 Å². The van der Waals surface area contributed by atoms with Crippen LogP contribution in [0.3, 0.4) is 0 Å². The van der Waals surface area contributed by atoms with Crippen molar-refractivity contribution < 1.29 is 9.47 Å². The van der Waals surface area contributed by atoms with Gasteiger partial charge in [0.05, 0.1) is 11.9 Å². The van der Waals surface area contributed by atoms with Crippen molar-refractivity contribution in [3.63, 3.8) is 0 Å². The fraction of sp³-hybridized carbons (Fsp3) is 0.792. The van der Waals surface area contributed by atoms with Crippen molar-refractivity contribution in [1.29, 1.82) is 0 Å². The molecular formula is C24H41N3O2. The van der Waals surface area contributed by atoms with Crippen LogP contribution in [0.15, 0.2) is 18.3 Å². The molecule has 2 aliphatic heterocycles. The van der Waals surface area contributed by atoms with Crippen LogP contribution in [0, 0.1) is 5.92 Å². The summed E-state index contributed by atoms with van der Waals surface area (Å²) in [5, 5.41) is 3.49. The van der Waals surface area contributed by atoms with Crippen LogP contribution in [0.5, 0.6) is 0 Å². The zero-order valence-electron chi connectivity index (χ0n) is 18.6. The average Bonchev–Trinajstić information content (AvgIpc) is 2.79. The lowest BCUT2D eigenvalue weighted by Crippen LogP contribution is -2.40. The maximum absolute atomic E-state index is 6.13. The Kier molecular flexibility index (Phi) is 9.71. The molecule has 2 fully saturated rings. The van der Waals surface area contributed by atoms with Crippen molar-refractivity contribution in [2.75, 3.05) is 44.3 Å². The van der Waals surface area contributed by atoms with Gasteiger partial charge in [-0.15, -0.1) is 0 Å². The Labute approximate surface area is 177 Å². The quantitative estimate of drug-likeness (QED) is 0.428. The molecule has 0 aromatic carbocycles. The molecular weight excluding hydrogens is 362 g/mol. The van der Waals surface area contributed by atoms with Gasteiger partial charge in [-0.25, -0.2) is 0 Å². The van der Waals surface area contributed by atoms with E-state index in [4.69, 9.17) is 14.5 Å². The van der Waals surface area contributed by atoms with Crippen molar-refractivity contribution in [3.8, 4) is 0 Å². The number of ether oxygens (including phenoxy) is 2. The second kappa shape index (κ2) is 12.5. The minimum Gasteiger partial charge on any atom is -0.370 e. The Hall–Kier alpha value is -1.17. The third kappa shape index (κ3) is 6.94. The molecule has 5 nitrogen and oxygen atoms in total. The van der Waals surface area contributed by atoms with E-state index in [0.717, 1.165) is 65.1 Å². The van der Waals surface area contributed by atoms with E-state index in [-0.39, 0.29) is 6.29 Å². The highest BCUT2D eigenvalue weighted by molar-refractivity contribution is 5.45. The minimum atomic E-state index is -0.0328. The van der Waals surface area contributed by atoms with Crippen LogP contribution < -0.4 is 10.2 Å². The predicted molar refractivity (Wildman–Crippen MR) is 120 cm³/mol. The topological polar surface area (TPSA) is 46.6 Å². The predicted octanol–water partition coefficient (Wildman–Crippen LogP) is 4.72. The number of anilines is 1. The van der Waals surface area contributed by atoms with E-state index in [9.17, 15) is 0 Å². The first-order valence-electron chi connectivity index (χ1n) is 12.0. The summed E-state index contributed by atoms with van der Waals surface area (Å²) < 4.78 is 12.3. The molecule has 0 bridgehead atoms. The van der Waals surface area contributed by atoms with Gasteiger partial charge in [-0.3, -0.25) is 4.98 Å². The number of nitrogens with zero attached hydrogens (tertiary/aromatic N) is 2. The summed E-state index contributed by atoms with van der Waals surface area (Å²) in [6.07, 6.45) is 11.4. The molecule has 3 heterocycles. The van der Waals surface area contributed by atoms with Crippen molar-refractivity contribution in [2.24, 2.45) is 5.92 Å². The Morgan fingerprint density at radius 1 is 1.07 bits per heavy atom. The monoisotopic (exact) mass is 403 g/mol. The molecule has 1 aromatic rings. The van der Waals surface area contributed by atoms with E-state index in [0.29, 0.717) is 11.8 Å². The van der Waals surface area contributed by atoms with Gasteiger partial charge in [0.1, 0.15) is 0 Å². The number of hydrogen-bond acceptors (Lipinski definition) is 5. The zero-order valence-corrected chi connectivity index (χ0v) is 18.6. The lowest BCUT2D eigenvalue weighted by atomic mass is 9.94. The minimum absolute atomic E-state index is 0.0328. The summed E-state index contributed by atoms with van der Waals surface area (Å²) in [6.45, 7) is 10.4. The van der Waals surface area contributed by atoms with E-state index in [2.05, 4.69) is 42.4 Å². The second-order valence-electron chi connectivity index (χ2n) is 8.63. The standard InChI is InChI=1S/C24H41N3O2/c1-3-5-16-28-24(29-17-6-4-2)20-11-14-27(15-12-20)22-9-10-23(26-19-22)21-8-7-13-25-18-21/h9-10,19-21,24-25H,3-8,11-18H2,1-2H3. The highest BCUT2D eigenvalue weighted by Crippen LogP contribution is 2.28. The van der Waals surface area contributed by atoms with Gasteiger partial charge in [0, 0.05) is 50.4 Å². The molecule has 0 amide bonds. The maximum atomic E-state index is 6.13. The van der Waals surface area contributed by atoms with Gasteiger partial charge in [-0.1, -0.05) is 26.7 Å². The number of aromatic nitrogens is 1. The molecule has 1 aromatic heterocycles. The number of nitrogens with one attached hydrogen (secondary N) is 1. The first kappa shape index (κ1) is 22.5. The molecule has 0 radical (unpaired) electrons. The first-order valence-corrected chi connectivity index (χ1v) is 12.0. The van der Waals surface area contributed by atoms with Gasteiger partial charge in [-0.05, 0) is 57.2 Å². The number of rotatable bonds is 11. The van der Waals surface area contributed by atoms with Crippen LogP contribution in [-0.2, 0) is 9.47 Å². The molecule has 3 rings (SSSR count). The Balaban J connectivity index is 1.49. The van der Waals surface area contributed by atoms with Crippen molar-refractivity contribution >= 4 is 5.69 Å². The van der Waals surface area contributed by atoms with Gasteiger partial charge in [-0.2, -0.15) is 0 Å². The molecule has 0 aliphatic carbocycles. The van der Waals surface area contributed by atoms with Crippen LogP contribution in [0.25, 0.3) is 0 Å². The third-order valence-corrected chi connectivity index (χ3v) is 6.34. The summed E-state index contributed by atoms with van der Waals surface area (Å²) in [6, 6.07) is 4.51. The average molecular weight is 404 g/mol. The van der Waals surface area contributed by atoms with Gasteiger partial charge >= 0.3 is 0 Å². The summed E-state index contributed by atoms with van der Waals surface area (Å²) in [7, 11) is 0. The van der Waals surface area contributed by atoms with E-state index >= 15 is 0 Å². The SMILES string of the molecule is CCCCOC(OCCCC)C1CCN(c2ccc(C3CCCNC3)nc2)CC1. The van der Waals surface area contributed by atoms with Gasteiger partial charge < -0.3 is 19.7 Å². The van der Waals surface area contributed by atoms with Gasteiger partial charge in [0.2, 0.25) is 0 Å². The highest BCUT2D eigenvalue weighted by Gasteiger charge is 2.28. The van der Waals surface area contributed by atoms with E-state index in [1.165, 1.54) is 37.1 Å². The molecule has 2 saturated heterocycles.